The van der Waals surface area contributed by atoms with Crippen molar-refractivity contribution in [2.75, 3.05) is 32.7 Å². The number of rotatable bonds is 3. The normalized spacial score (nSPS) is 23.1. The number of hydrogen-bond acceptors (Lipinski definition) is 2. The first-order valence-electron chi connectivity index (χ1n) is 6.02. The maximum Gasteiger partial charge on any atom is 0.404 e. The molecule has 0 amide bonds. The molecule has 0 aromatic rings. The van der Waals surface area contributed by atoms with Gasteiger partial charge in [0.25, 0.3) is 0 Å². The lowest BCUT2D eigenvalue weighted by atomic mass is 10.1. The first-order valence-corrected chi connectivity index (χ1v) is 6.02. The lowest BCUT2D eigenvalue weighted by Gasteiger charge is -2.31. The van der Waals surface area contributed by atoms with Crippen molar-refractivity contribution in [1.29, 1.82) is 0 Å². The van der Waals surface area contributed by atoms with Gasteiger partial charge in [0.05, 0.1) is 0 Å². The second-order valence-electron chi connectivity index (χ2n) is 4.29. The van der Waals surface area contributed by atoms with Crippen LogP contribution in [0.4, 0.5) is 13.2 Å². The maximum atomic E-state index is 12.8. The smallest absolute Gasteiger partial charge is 0.302 e. The Morgan fingerprint density at radius 3 is 2.25 bits per heavy atom. The highest BCUT2D eigenvalue weighted by Crippen LogP contribution is 2.27. The van der Waals surface area contributed by atoms with E-state index in [4.69, 9.17) is 0 Å². The molecular formula is C11H21F3N2. The standard InChI is InChI=1S/C11H21F3N2/c1-3-10(11(12,13)14)16-7-5-6-15(4-2)8-9-16/h10H,3-9H2,1-2H3. The van der Waals surface area contributed by atoms with Crippen molar-refractivity contribution in [2.45, 2.75) is 38.9 Å². The Bertz CT molecular complexity index is 206. The van der Waals surface area contributed by atoms with E-state index in [1.165, 1.54) is 0 Å². The van der Waals surface area contributed by atoms with Crippen LogP contribution < -0.4 is 0 Å². The lowest BCUT2D eigenvalue weighted by Crippen LogP contribution is -2.46. The summed E-state index contributed by atoms with van der Waals surface area (Å²) in [5.41, 5.74) is 0. The molecule has 1 saturated heterocycles. The van der Waals surface area contributed by atoms with E-state index in [1.807, 2.05) is 0 Å². The molecular weight excluding hydrogens is 217 g/mol. The molecule has 1 heterocycles. The third-order valence-electron chi connectivity index (χ3n) is 3.28. The SMILES string of the molecule is CCC(N1CCCN(CC)CC1)C(F)(F)F. The van der Waals surface area contributed by atoms with Crippen molar-refractivity contribution in [3.05, 3.63) is 0 Å². The Morgan fingerprint density at radius 1 is 1.06 bits per heavy atom. The minimum Gasteiger partial charge on any atom is -0.302 e. The van der Waals surface area contributed by atoms with Gasteiger partial charge in [0.15, 0.2) is 0 Å². The lowest BCUT2D eigenvalue weighted by molar-refractivity contribution is -0.184. The first kappa shape index (κ1) is 13.8. The van der Waals surface area contributed by atoms with E-state index >= 15 is 0 Å². The molecule has 0 saturated carbocycles. The van der Waals surface area contributed by atoms with Crippen LogP contribution in [0.25, 0.3) is 0 Å². The summed E-state index contributed by atoms with van der Waals surface area (Å²) in [6.45, 7) is 7.36. The van der Waals surface area contributed by atoms with Crippen molar-refractivity contribution >= 4 is 0 Å². The van der Waals surface area contributed by atoms with Gasteiger partial charge in [-0.05, 0) is 25.9 Å². The first-order chi connectivity index (χ1) is 7.49. The maximum absolute atomic E-state index is 12.8. The van der Waals surface area contributed by atoms with Gasteiger partial charge in [0.1, 0.15) is 6.04 Å². The fraction of sp³-hybridized carbons (Fsp3) is 1.00. The highest BCUT2D eigenvalue weighted by atomic mass is 19.4. The van der Waals surface area contributed by atoms with Crippen molar-refractivity contribution < 1.29 is 13.2 Å². The number of hydrogen-bond donors (Lipinski definition) is 0. The molecule has 1 unspecified atom stereocenters. The van der Waals surface area contributed by atoms with E-state index in [1.54, 1.807) is 11.8 Å². The zero-order chi connectivity index (χ0) is 12.2. The Labute approximate surface area is 95.4 Å². The summed E-state index contributed by atoms with van der Waals surface area (Å²) in [7, 11) is 0. The van der Waals surface area contributed by atoms with Crippen LogP contribution in [-0.4, -0.2) is 54.7 Å². The largest absolute Gasteiger partial charge is 0.404 e. The van der Waals surface area contributed by atoms with Crippen LogP contribution >= 0.6 is 0 Å². The minimum absolute atomic E-state index is 0.148. The Hall–Kier alpha value is -0.290. The van der Waals surface area contributed by atoms with Gasteiger partial charge in [0, 0.05) is 19.6 Å². The average Bonchev–Trinajstić information content (AvgIpc) is 2.42. The number of alkyl halides is 3. The van der Waals surface area contributed by atoms with Crippen molar-refractivity contribution in [2.24, 2.45) is 0 Å². The molecule has 1 aliphatic rings. The fourth-order valence-corrected chi connectivity index (χ4v) is 2.32. The third-order valence-corrected chi connectivity index (χ3v) is 3.28. The minimum atomic E-state index is -4.09. The summed E-state index contributed by atoms with van der Waals surface area (Å²) in [4.78, 5) is 3.80. The summed E-state index contributed by atoms with van der Waals surface area (Å²) in [6.07, 6.45) is -3.10. The van der Waals surface area contributed by atoms with E-state index in [0.717, 1.165) is 26.1 Å². The molecule has 1 aliphatic heterocycles. The van der Waals surface area contributed by atoms with Gasteiger partial charge in [-0.3, -0.25) is 4.90 Å². The van der Waals surface area contributed by atoms with Crippen LogP contribution in [0.15, 0.2) is 0 Å². The molecule has 0 bridgehead atoms. The summed E-state index contributed by atoms with van der Waals surface area (Å²) in [5.74, 6) is 0. The topological polar surface area (TPSA) is 6.48 Å². The third kappa shape index (κ3) is 3.63. The van der Waals surface area contributed by atoms with Crippen molar-refractivity contribution in [3.8, 4) is 0 Å². The second-order valence-corrected chi connectivity index (χ2v) is 4.29. The summed E-state index contributed by atoms with van der Waals surface area (Å²) in [6, 6.07) is -1.26. The average molecular weight is 238 g/mol. The molecule has 0 aromatic carbocycles. The highest BCUT2D eigenvalue weighted by Gasteiger charge is 2.42. The van der Waals surface area contributed by atoms with Gasteiger partial charge in [-0.25, -0.2) is 0 Å². The van der Waals surface area contributed by atoms with Gasteiger partial charge in [-0.2, -0.15) is 13.2 Å². The van der Waals surface area contributed by atoms with Gasteiger partial charge >= 0.3 is 6.18 Å². The predicted octanol–water partition coefficient (Wildman–Crippen LogP) is 2.35. The zero-order valence-corrected chi connectivity index (χ0v) is 10.1. The molecule has 1 fully saturated rings. The molecule has 96 valence electrons. The molecule has 5 heteroatoms. The van der Waals surface area contributed by atoms with Gasteiger partial charge in [-0.15, -0.1) is 0 Å². The molecule has 0 aromatic heterocycles. The second kappa shape index (κ2) is 5.87. The molecule has 1 atom stereocenters. The number of halogens is 3. The molecule has 16 heavy (non-hydrogen) atoms. The van der Waals surface area contributed by atoms with Crippen LogP contribution in [-0.2, 0) is 0 Å². The van der Waals surface area contributed by atoms with E-state index < -0.39 is 12.2 Å². The fourth-order valence-electron chi connectivity index (χ4n) is 2.32. The van der Waals surface area contributed by atoms with Crippen LogP contribution in [0.3, 0.4) is 0 Å². The summed E-state index contributed by atoms with van der Waals surface area (Å²) < 4.78 is 38.3. The quantitative estimate of drug-likeness (QED) is 0.744. The summed E-state index contributed by atoms with van der Waals surface area (Å²) >= 11 is 0. The van der Waals surface area contributed by atoms with Gasteiger partial charge < -0.3 is 4.90 Å². The van der Waals surface area contributed by atoms with Gasteiger partial charge in [0.2, 0.25) is 0 Å². The predicted molar refractivity (Wildman–Crippen MR) is 58.4 cm³/mol. The molecule has 2 nitrogen and oxygen atoms in total. The summed E-state index contributed by atoms with van der Waals surface area (Å²) in [5, 5.41) is 0. The molecule has 0 N–H and O–H groups in total. The Morgan fingerprint density at radius 2 is 1.75 bits per heavy atom. The van der Waals surface area contributed by atoms with Crippen LogP contribution in [0, 0.1) is 0 Å². The Kier molecular flexibility index (Phi) is 5.05. The van der Waals surface area contributed by atoms with E-state index in [0.29, 0.717) is 13.1 Å². The monoisotopic (exact) mass is 238 g/mol. The molecule has 0 aliphatic carbocycles. The molecule has 0 spiro atoms. The molecule has 0 radical (unpaired) electrons. The van der Waals surface area contributed by atoms with Crippen LogP contribution in [0.2, 0.25) is 0 Å². The number of nitrogens with zero attached hydrogens (tertiary/aromatic N) is 2. The van der Waals surface area contributed by atoms with E-state index in [-0.39, 0.29) is 6.42 Å². The van der Waals surface area contributed by atoms with Crippen LogP contribution in [0.5, 0.6) is 0 Å². The number of likely N-dealkylation sites (N-methyl/N-ethyl adjacent to an activating group) is 1. The molecule has 1 rings (SSSR count). The van der Waals surface area contributed by atoms with E-state index in [2.05, 4.69) is 11.8 Å². The van der Waals surface area contributed by atoms with Crippen molar-refractivity contribution in [1.82, 2.24) is 9.80 Å². The van der Waals surface area contributed by atoms with E-state index in [9.17, 15) is 13.2 Å². The van der Waals surface area contributed by atoms with Crippen molar-refractivity contribution in [3.63, 3.8) is 0 Å². The van der Waals surface area contributed by atoms with Crippen LogP contribution in [0.1, 0.15) is 26.7 Å². The highest BCUT2D eigenvalue weighted by molar-refractivity contribution is 4.80. The zero-order valence-electron chi connectivity index (χ0n) is 10.1. The Balaban J connectivity index is 2.58. The van der Waals surface area contributed by atoms with Gasteiger partial charge in [-0.1, -0.05) is 13.8 Å².